The SMILES string of the molecule is Cc1cc(C)c(NC(=O)C(C)n2cc(C(C)(C)N)nn2)c(Cl)c1. The van der Waals surface area contributed by atoms with Crippen LogP contribution in [0, 0.1) is 13.8 Å². The van der Waals surface area contributed by atoms with Gasteiger partial charge in [0, 0.05) is 0 Å². The number of hydrogen-bond donors (Lipinski definition) is 2. The molecule has 0 saturated heterocycles. The topological polar surface area (TPSA) is 85.8 Å². The first-order chi connectivity index (χ1) is 10.6. The largest absolute Gasteiger partial charge is 0.323 e. The van der Waals surface area contributed by atoms with Gasteiger partial charge in [-0.1, -0.05) is 22.9 Å². The maximum atomic E-state index is 12.5. The Labute approximate surface area is 141 Å². The Morgan fingerprint density at radius 2 is 2.04 bits per heavy atom. The fraction of sp³-hybridized carbons (Fsp3) is 0.438. The molecule has 1 heterocycles. The van der Waals surface area contributed by atoms with E-state index in [0.717, 1.165) is 11.1 Å². The fourth-order valence-corrected chi connectivity index (χ4v) is 2.55. The molecule has 1 amide bonds. The molecule has 7 heteroatoms. The maximum Gasteiger partial charge on any atom is 0.249 e. The summed E-state index contributed by atoms with van der Waals surface area (Å²) in [5, 5.41) is 11.4. The zero-order valence-corrected chi connectivity index (χ0v) is 14.8. The van der Waals surface area contributed by atoms with Crippen LogP contribution in [0.5, 0.6) is 0 Å². The van der Waals surface area contributed by atoms with Gasteiger partial charge in [0.2, 0.25) is 5.91 Å². The lowest BCUT2D eigenvalue weighted by molar-refractivity contribution is -0.119. The smallest absolute Gasteiger partial charge is 0.249 e. The van der Waals surface area contributed by atoms with Crippen molar-refractivity contribution in [3.05, 3.63) is 40.2 Å². The second kappa shape index (κ2) is 6.29. The number of benzene rings is 1. The van der Waals surface area contributed by atoms with E-state index < -0.39 is 11.6 Å². The number of nitrogens with two attached hydrogens (primary N) is 1. The van der Waals surface area contributed by atoms with Crippen molar-refractivity contribution in [1.82, 2.24) is 15.0 Å². The summed E-state index contributed by atoms with van der Waals surface area (Å²) in [5.41, 5.74) is 8.59. The van der Waals surface area contributed by atoms with Crippen LogP contribution in [0.4, 0.5) is 5.69 Å². The molecule has 0 spiro atoms. The van der Waals surface area contributed by atoms with Gasteiger partial charge in [-0.2, -0.15) is 0 Å². The second-order valence-corrected chi connectivity index (χ2v) is 6.82. The number of halogens is 1. The van der Waals surface area contributed by atoms with Crippen molar-refractivity contribution in [2.24, 2.45) is 5.73 Å². The number of hydrogen-bond acceptors (Lipinski definition) is 4. The van der Waals surface area contributed by atoms with E-state index in [4.69, 9.17) is 17.3 Å². The van der Waals surface area contributed by atoms with Gasteiger partial charge in [0.25, 0.3) is 0 Å². The lowest BCUT2D eigenvalue weighted by atomic mass is 10.0. The highest BCUT2D eigenvalue weighted by atomic mass is 35.5. The van der Waals surface area contributed by atoms with Crippen LogP contribution in [-0.2, 0) is 10.3 Å². The molecule has 0 fully saturated rings. The summed E-state index contributed by atoms with van der Waals surface area (Å²) in [6.45, 7) is 9.28. The Morgan fingerprint density at radius 1 is 1.39 bits per heavy atom. The minimum atomic E-state index is -0.606. The summed E-state index contributed by atoms with van der Waals surface area (Å²) >= 11 is 6.23. The number of anilines is 1. The molecule has 1 aromatic carbocycles. The summed E-state index contributed by atoms with van der Waals surface area (Å²) in [6.07, 6.45) is 1.69. The van der Waals surface area contributed by atoms with Gasteiger partial charge in [0.15, 0.2) is 0 Å². The standard InChI is InChI=1S/C16H22ClN5O/c1-9-6-10(2)14(12(17)7-9)19-15(23)11(3)22-8-13(20-21-22)16(4,5)18/h6-8,11H,18H2,1-5H3,(H,19,23). The number of rotatable bonds is 4. The van der Waals surface area contributed by atoms with Gasteiger partial charge in [-0.15, -0.1) is 5.10 Å². The highest BCUT2D eigenvalue weighted by Crippen LogP contribution is 2.28. The van der Waals surface area contributed by atoms with Gasteiger partial charge in [-0.05, 0) is 51.8 Å². The summed E-state index contributed by atoms with van der Waals surface area (Å²) < 4.78 is 1.50. The van der Waals surface area contributed by atoms with Gasteiger partial charge >= 0.3 is 0 Å². The minimum absolute atomic E-state index is 0.217. The van der Waals surface area contributed by atoms with E-state index in [2.05, 4.69) is 15.6 Å². The first kappa shape index (κ1) is 17.4. The average Bonchev–Trinajstić information content (AvgIpc) is 2.91. The van der Waals surface area contributed by atoms with Gasteiger partial charge in [-0.3, -0.25) is 4.79 Å². The van der Waals surface area contributed by atoms with Crippen molar-refractivity contribution in [3.8, 4) is 0 Å². The Morgan fingerprint density at radius 3 is 2.57 bits per heavy atom. The van der Waals surface area contributed by atoms with Gasteiger partial charge in [0.1, 0.15) is 11.7 Å². The normalized spacial score (nSPS) is 13.0. The molecule has 1 unspecified atom stereocenters. The molecule has 0 aliphatic heterocycles. The second-order valence-electron chi connectivity index (χ2n) is 6.41. The van der Waals surface area contributed by atoms with Crippen LogP contribution < -0.4 is 11.1 Å². The quantitative estimate of drug-likeness (QED) is 0.899. The zero-order valence-electron chi connectivity index (χ0n) is 14.0. The summed E-state index contributed by atoms with van der Waals surface area (Å²) in [5.74, 6) is -0.217. The van der Waals surface area contributed by atoms with Crippen LogP contribution in [0.1, 0.15) is 43.6 Å². The number of amides is 1. The highest BCUT2D eigenvalue weighted by Gasteiger charge is 2.23. The van der Waals surface area contributed by atoms with Gasteiger partial charge < -0.3 is 11.1 Å². The van der Waals surface area contributed by atoms with Crippen LogP contribution in [-0.4, -0.2) is 20.9 Å². The number of aryl methyl sites for hydroxylation is 2. The Bertz CT molecular complexity index is 709. The number of nitrogens with zero attached hydrogens (tertiary/aromatic N) is 3. The molecule has 2 rings (SSSR count). The van der Waals surface area contributed by atoms with E-state index in [0.29, 0.717) is 16.4 Å². The zero-order chi connectivity index (χ0) is 17.4. The van der Waals surface area contributed by atoms with Crippen molar-refractivity contribution < 1.29 is 4.79 Å². The van der Waals surface area contributed by atoms with E-state index in [9.17, 15) is 4.79 Å². The molecule has 6 nitrogen and oxygen atoms in total. The van der Waals surface area contributed by atoms with E-state index in [1.165, 1.54) is 4.68 Å². The molecule has 0 saturated carbocycles. The molecular weight excluding hydrogens is 314 g/mol. The number of carbonyl (C=O) groups excluding carboxylic acids is 1. The number of nitrogens with one attached hydrogen (secondary N) is 1. The number of aromatic nitrogens is 3. The predicted molar refractivity (Wildman–Crippen MR) is 91.5 cm³/mol. The fourth-order valence-electron chi connectivity index (χ4n) is 2.18. The van der Waals surface area contributed by atoms with Crippen LogP contribution in [0.3, 0.4) is 0 Å². The van der Waals surface area contributed by atoms with Gasteiger partial charge in [-0.25, -0.2) is 4.68 Å². The molecule has 0 bridgehead atoms. The van der Waals surface area contributed by atoms with Crippen molar-refractivity contribution in [1.29, 1.82) is 0 Å². The Kier molecular flexibility index (Phi) is 4.77. The van der Waals surface area contributed by atoms with Crippen LogP contribution in [0.15, 0.2) is 18.3 Å². The molecule has 1 aromatic heterocycles. The monoisotopic (exact) mass is 335 g/mol. The van der Waals surface area contributed by atoms with E-state index in [1.807, 2.05) is 39.8 Å². The first-order valence-corrected chi connectivity index (χ1v) is 7.76. The molecule has 3 N–H and O–H groups in total. The summed E-state index contributed by atoms with van der Waals surface area (Å²) in [6, 6.07) is 3.26. The lowest BCUT2D eigenvalue weighted by Crippen LogP contribution is -2.29. The summed E-state index contributed by atoms with van der Waals surface area (Å²) in [4.78, 5) is 12.5. The third-order valence-corrected chi connectivity index (χ3v) is 3.92. The Hall–Kier alpha value is -1.92. The van der Waals surface area contributed by atoms with E-state index in [-0.39, 0.29) is 5.91 Å². The van der Waals surface area contributed by atoms with Crippen molar-refractivity contribution >= 4 is 23.2 Å². The third-order valence-electron chi connectivity index (χ3n) is 3.63. The molecule has 1 atom stereocenters. The van der Waals surface area contributed by atoms with Crippen LogP contribution in [0.2, 0.25) is 5.02 Å². The maximum absolute atomic E-state index is 12.5. The molecular formula is C16H22ClN5O. The lowest BCUT2D eigenvalue weighted by Gasteiger charge is -2.16. The highest BCUT2D eigenvalue weighted by molar-refractivity contribution is 6.34. The van der Waals surface area contributed by atoms with Crippen molar-refractivity contribution in [2.45, 2.75) is 46.2 Å². The molecule has 0 aliphatic rings. The van der Waals surface area contributed by atoms with Crippen molar-refractivity contribution in [2.75, 3.05) is 5.32 Å². The molecule has 0 radical (unpaired) electrons. The average molecular weight is 336 g/mol. The van der Waals surface area contributed by atoms with E-state index >= 15 is 0 Å². The molecule has 23 heavy (non-hydrogen) atoms. The molecule has 124 valence electrons. The first-order valence-electron chi connectivity index (χ1n) is 7.38. The number of carbonyl (C=O) groups is 1. The van der Waals surface area contributed by atoms with Crippen LogP contribution in [0.25, 0.3) is 0 Å². The predicted octanol–water partition coefficient (Wildman–Crippen LogP) is 2.94. The molecule has 2 aromatic rings. The van der Waals surface area contributed by atoms with Crippen molar-refractivity contribution in [3.63, 3.8) is 0 Å². The van der Waals surface area contributed by atoms with E-state index in [1.54, 1.807) is 13.1 Å². The van der Waals surface area contributed by atoms with Crippen LogP contribution >= 0.6 is 11.6 Å². The minimum Gasteiger partial charge on any atom is -0.323 e. The Balaban J connectivity index is 2.19. The van der Waals surface area contributed by atoms with Gasteiger partial charge in [0.05, 0.1) is 22.4 Å². The molecule has 0 aliphatic carbocycles. The summed E-state index contributed by atoms with van der Waals surface area (Å²) in [7, 11) is 0. The third kappa shape index (κ3) is 3.89.